The second kappa shape index (κ2) is 4.89. The summed E-state index contributed by atoms with van der Waals surface area (Å²) >= 11 is 3.00. The van der Waals surface area contributed by atoms with Crippen LogP contribution >= 0.6 is 15.9 Å². The van der Waals surface area contributed by atoms with Crippen LogP contribution in [0.3, 0.4) is 0 Å². The number of ether oxygens (including phenoxy) is 1. The van der Waals surface area contributed by atoms with Crippen molar-refractivity contribution in [2.75, 3.05) is 6.61 Å². The predicted octanol–water partition coefficient (Wildman–Crippen LogP) is 2.61. The highest BCUT2D eigenvalue weighted by molar-refractivity contribution is 9.10. The van der Waals surface area contributed by atoms with Crippen LogP contribution in [-0.2, 0) is 4.74 Å². The summed E-state index contributed by atoms with van der Waals surface area (Å²) in [6.45, 7) is 1.86. The molecule has 0 fully saturated rings. The second-order valence-corrected chi connectivity index (χ2v) is 4.43. The molecule has 0 aliphatic carbocycles. The number of esters is 1. The Morgan fingerprint density at radius 1 is 1.44 bits per heavy atom. The zero-order valence-electron chi connectivity index (χ0n) is 9.42. The normalized spacial score (nSPS) is 10.6. The number of aromatic amines is 1. The molecule has 1 N–H and O–H groups in total. The van der Waals surface area contributed by atoms with Gasteiger partial charge in [-0.1, -0.05) is 0 Å². The number of H-pyrrole nitrogens is 1. The number of aromatic nitrogens is 1. The largest absolute Gasteiger partial charge is 0.461 e. The van der Waals surface area contributed by atoms with Gasteiger partial charge < -0.3 is 9.72 Å². The molecule has 0 aliphatic rings. The first-order valence-corrected chi connectivity index (χ1v) is 6.01. The van der Waals surface area contributed by atoms with Gasteiger partial charge in [-0.25, -0.2) is 9.18 Å². The molecule has 0 saturated heterocycles. The molecular weight excluding hydrogens is 305 g/mol. The second-order valence-electron chi connectivity index (χ2n) is 3.58. The van der Waals surface area contributed by atoms with Gasteiger partial charge in [0.2, 0.25) is 0 Å². The maximum Gasteiger partial charge on any atom is 0.354 e. The molecule has 0 amide bonds. The molecule has 0 spiro atoms. The van der Waals surface area contributed by atoms with Gasteiger partial charge in [0, 0.05) is 11.5 Å². The Balaban J connectivity index is 2.65. The molecule has 94 valence electrons. The molecule has 1 aromatic carbocycles. The molecule has 18 heavy (non-hydrogen) atoms. The number of nitrogens with one attached hydrogen (secondary N) is 1. The molecule has 0 unspecified atom stereocenters. The van der Waals surface area contributed by atoms with E-state index in [-0.39, 0.29) is 27.7 Å². The van der Waals surface area contributed by atoms with Gasteiger partial charge >= 0.3 is 5.97 Å². The third-order valence-electron chi connectivity index (χ3n) is 2.37. The van der Waals surface area contributed by atoms with Crippen molar-refractivity contribution in [1.82, 2.24) is 4.98 Å². The Morgan fingerprint density at radius 2 is 2.17 bits per heavy atom. The van der Waals surface area contributed by atoms with Crippen LogP contribution in [0.15, 0.2) is 27.5 Å². The van der Waals surface area contributed by atoms with Gasteiger partial charge in [0.25, 0.3) is 0 Å². The summed E-state index contributed by atoms with van der Waals surface area (Å²) in [5.74, 6) is -1.15. The van der Waals surface area contributed by atoms with Gasteiger partial charge in [0.1, 0.15) is 11.5 Å². The van der Waals surface area contributed by atoms with Crippen molar-refractivity contribution in [3.05, 3.63) is 44.4 Å². The van der Waals surface area contributed by atoms with E-state index in [0.717, 1.165) is 12.1 Å². The lowest BCUT2D eigenvalue weighted by Crippen LogP contribution is -2.12. The molecule has 6 heteroatoms. The molecule has 1 aromatic heterocycles. The van der Waals surface area contributed by atoms with E-state index in [4.69, 9.17) is 4.74 Å². The van der Waals surface area contributed by atoms with E-state index in [9.17, 15) is 14.0 Å². The Morgan fingerprint density at radius 3 is 2.83 bits per heavy atom. The molecule has 2 rings (SSSR count). The number of fused-ring (bicyclic) bond motifs is 1. The van der Waals surface area contributed by atoms with Gasteiger partial charge in [0.15, 0.2) is 5.43 Å². The van der Waals surface area contributed by atoms with Crippen LogP contribution < -0.4 is 5.43 Å². The van der Waals surface area contributed by atoms with Crippen LogP contribution in [0, 0.1) is 5.82 Å². The zero-order chi connectivity index (χ0) is 13.3. The minimum atomic E-state index is -0.639. The fourth-order valence-electron chi connectivity index (χ4n) is 1.56. The molecule has 2 aromatic rings. The summed E-state index contributed by atoms with van der Waals surface area (Å²) in [5.41, 5.74) is -0.102. The summed E-state index contributed by atoms with van der Waals surface area (Å²) in [6.07, 6.45) is 0. The smallest absolute Gasteiger partial charge is 0.354 e. The highest BCUT2D eigenvalue weighted by Crippen LogP contribution is 2.20. The van der Waals surface area contributed by atoms with Crippen molar-refractivity contribution in [2.24, 2.45) is 0 Å². The van der Waals surface area contributed by atoms with E-state index in [2.05, 4.69) is 20.9 Å². The minimum absolute atomic E-state index is 0.0103. The van der Waals surface area contributed by atoms with E-state index in [0.29, 0.717) is 5.39 Å². The molecule has 0 aliphatic heterocycles. The fraction of sp³-hybridized carbons (Fsp3) is 0.167. The average molecular weight is 314 g/mol. The molecule has 0 bridgehead atoms. The molecule has 0 saturated carbocycles. The standard InChI is InChI=1S/C12H9BrFNO3/c1-2-18-12(17)10-5-11(16)6-3-7(13)8(14)4-9(6)15-10/h3-5H,2H2,1H3,(H,15,16). The van der Waals surface area contributed by atoms with Crippen LogP contribution in [0.1, 0.15) is 17.4 Å². The van der Waals surface area contributed by atoms with Crippen molar-refractivity contribution in [1.29, 1.82) is 0 Å². The number of carbonyl (C=O) groups is 1. The third kappa shape index (κ3) is 2.28. The van der Waals surface area contributed by atoms with Gasteiger partial charge in [0.05, 0.1) is 16.6 Å². The SMILES string of the molecule is CCOC(=O)c1cc(=O)c2cc(Br)c(F)cc2[nH]1. The Kier molecular flexibility index (Phi) is 3.47. The summed E-state index contributed by atoms with van der Waals surface area (Å²) in [4.78, 5) is 26.0. The maximum absolute atomic E-state index is 13.4. The van der Waals surface area contributed by atoms with E-state index < -0.39 is 11.8 Å². The lowest BCUT2D eigenvalue weighted by molar-refractivity contribution is 0.0520. The van der Waals surface area contributed by atoms with E-state index in [1.54, 1.807) is 6.92 Å². The molecular formula is C12H9BrFNO3. The maximum atomic E-state index is 13.4. The predicted molar refractivity (Wildman–Crippen MR) is 68.2 cm³/mol. The topological polar surface area (TPSA) is 59.2 Å². The van der Waals surface area contributed by atoms with Crippen LogP contribution in [0.5, 0.6) is 0 Å². The lowest BCUT2D eigenvalue weighted by Gasteiger charge is -2.05. The Labute approximate surface area is 110 Å². The molecule has 0 atom stereocenters. The first-order valence-electron chi connectivity index (χ1n) is 5.22. The fourth-order valence-corrected chi connectivity index (χ4v) is 1.91. The van der Waals surface area contributed by atoms with E-state index in [1.165, 1.54) is 6.07 Å². The van der Waals surface area contributed by atoms with Crippen molar-refractivity contribution in [3.63, 3.8) is 0 Å². The monoisotopic (exact) mass is 313 g/mol. The van der Waals surface area contributed by atoms with Crippen LogP contribution in [0.25, 0.3) is 10.9 Å². The van der Waals surface area contributed by atoms with E-state index >= 15 is 0 Å². The van der Waals surface area contributed by atoms with Crippen LogP contribution in [0.4, 0.5) is 4.39 Å². The van der Waals surface area contributed by atoms with Gasteiger partial charge in [-0.2, -0.15) is 0 Å². The number of hydrogen-bond donors (Lipinski definition) is 1. The lowest BCUT2D eigenvalue weighted by atomic mass is 10.2. The van der Waals surface area contributed by atoms with Crippen molar-refractivity contribution in [2.45, 2.75) is 6.92 Å². The number of pyridine rings is 1. The first-order chi connectivity index (χ1) is 8.52. The average Bonchev–Trinajstić information content (AvgIpc) is 2.32. The van der Waals surface area contributed by atoms with Crippen LogP contribution in [0.2, 0.25) is 0 Å². The quantitative estimate of drug-likeness (QED) is 0.867. The van der Waals surface area contributed by atoms with Gasteiger partial charge in [-0.15, -0.1) is 0 Å². The van der Waals surface area contributed by atoms with Crippen molar-refractivity contribution >= 4 is 32.8 Å². The molecule has 4 nitrogen and oxygen atoms in total. The third-order valence-corrected chi connectivity index (χ3v) is 2.97. The van der Waals surface area contributed by atoms with Crippen LogP contribution in [-0.4, -0.2) is 17.6 Å². The number of carbonyl (C=O) groups excluding carboxylic acids is 1. The number of halogens is 2. The molecule has 1 heterocycles. The highest BCUT2D eigenvalue weighted by Gasteiger charge is 2.12. The number of benzene rings is 1. The molecule has 0 radical (unpaired) electrons. The summed E-state index contributed by atoms with van der Waals surface area (Å²) in [5, 5.41) is 0.302. The van der Waals surface area contributed by atoms with E-state index in [1.807, 2.05) is 0 Å². The summed E-state index contributed by atoms with van der Waals surface area (Å²) in [7, 11) is 0. The first kappa shape index (κ1) is 12.8. The number of rotatable bonds is 2. The summed E-state index contributed by atoms with van der Waals surface area (Å²) < 4.78 is 18.3. The number of hydrogen-bond acceptors (Lipinski definition) is 3. The Bertz CT molecular complexity index is 681. The minimum Gasteiger partial charge on any atom is -0.461 e. The highest BCUT2D eigenvalue weighted by atomic mass is 79.9. The Hall–Kier alpha value is -1.69. The zero-order valence-corrected chi connectivity index (χ0v) is 11.0. The van der Waals surface area contributed by atoms with Gasteiger partial charge in [-0.05, 0) is 35.0 Å². The van der Waals surface area contributed by atoms with Gasteiger partial charge in [-0.3, -0.25) is 4.79 Å². The van der Waals surface area contributed by atoms with Crippen molar-refractivity contribution in [3.8, 4) is 0 Å². The summed E-state index contributed by atoms with van der Waals surface area (Å²) in [6, 6.07) is 3.67. The van der Waals surface area contributed by atoms with Crippen molar-refractivity contribution < 1.29 is 13.9 Å².